The molecule has 3 aromatic rings. The van der Waals surface area contributed by atoms with Gasteiger partial charge < -0.3 is 0 Å². The van der Waals surface area contributed by atoms with E-state index in [0.717, 1.165) is 16.5 Å². The number of nitrogens with one attached hydrogen (secondary N) is 1. The first-order valence-electron chi connectivity index (χ1n) is 5.98. The Bertz CT molecular complexity index is 745. The molecule has 0 fully saturated rings. The van der Waals surface area contributed by atoms with Crippen molar-refractivity contribution in [2.75, 3.05) is 5.32 Å². The van der Waals surface area contributed by atoms with E-state index in [1.165, 1.54) is 11.3 Å². The van der Waals surface area contributed by atoms with Gasteiger partial charge in [-0.25, -0.2) is 4.98 Å². The van der Waals surface area contributed by atoms with Gasteiger partial charge >= 0.3 is 0 Å². The highest BCUT2D eigenvalue weighted by atomic mass is 32.1. The van der Waals surface area contributed by atoms with E-state index in [1.54, 1.807) is 24.3 Å². The summed E-state index contributed by atoms with van der Waals surface area (Å²) < 4.78 is 1.03. The van der Waals surface area contributed by atoms with E-state index in [1.807, 2.05) is 24.3 Å². The van der Waals surface area contributed by atoms with Crippen LogP contribution in [0.15, 0.2) is 48.5 Å². The lowest BCUT2D eigenvalue weighted by atomic mass is 10.1. The zero-order valence-corrected chi connectivity index (χ0v) is 11.2. The van der Waals surface area contributed by atoms with Crippen LogP contribution in [0.1, 0.15) is 20.7 Å². The quantitative estimate of drug-likeness (QED) is 0.749. The standard InChI is InChI=1S/C15H10N2O2S/c18-9-10-5-7-11(8-6-10)14(19)17-15-16-12-3-1-2-4-13(12)20-15/h1-9H,(H,16,17,19). The topological polar surface area (TPSA) is 59.1 Å². The fraction of sp³-hybridized carbons (Fsp3) is 0. The fourth-order valence-corrected chi connectivity index (χ4v) is 2.67. The molecular weight excluding hydrogens is 272 g/mol. The molecule has 20 heavy (non-hydrogen) atoms. The highest BCUT2D eigenvalue weighted by Gasteiger charge is 2.09. The molecule has 5 heteroatoms. The summed E-state index contributed by atoms with van der Waals surface area (Å²) in [6, 6.07) is 14.2. The van der Waals surface area contributed by atoms with Crippen molar-refractivity contribution in [2.24, 2.45) is 0 Å². The minimum atomic E-state index is -0.235. The molecule has 0 radical (unpaired) electrons. The van der Waals surface area contributed by atoms with Gasteiger partial charge in [-0.3, -0.25) is 14.9 Å². The Morgan fingerprint density at radius 3 is 2.55 bits per heavy atom. The molecule has 0 bridgehead atoms. The summed E-state index contributed by atoms with van der Waals surface area (Å²) >= 11 is 1.43. The van der Waals surface area contributed by atoms with E-state index in [2.05, 4.69) is 10.3 Å². The van der Waals surface area contributed by atoms with Gasteiger partial charge in [0.15, 0.2) is 5.13 Å². The van der Waals surface area contributed by atoms with Gasteiger partial charge in [-0.05, 0) is 24.3 Å². The number of nitrogens with zero attached hydrogens (tertiary/aromatic N) is 1. The molecule has 0 aliphatic rings. The second kappa shape index (κ2) is 5.22. The summed E-state index contributed by atoms with van der Waals surface area (Å²) in [6.07, 6.45) is 0.745. The molecular formula is C15H10N2O2S. The summed E-state index contributed by atoms with van der Waals surface area (Å²) in [6.45, 7) is 0. The average molecular weight is 282 g/mol. The van der Waals surface area contributed by atoms with Crippen molar-refractivity contribution in [1.82, 2.24) is 4.98 Å². The highest BCUT2D eigenvalue weighted by Crippen LogP contribution is 2.25. The van der Waals surface area contributed by atoms with Gasteiger partial charge in [0.2, 0.25) is 0 Å². The number of hydrogen-bond acceptors (Lipinski definition) is 4. The Hall–Kier alpha value is -2.53. The van der Waals surface area contributed by atoms with Crippen LogP contribution in [0.2, 0.25) is 0 Å². The Labute approximate surface area is 119 Å². The molecule has 1 heterocycles. The number of para-hydroxylation sites is 1. The van der Waals surface area contributed by atoms with Crippen LogP contribution in [0.5, 0.6) is 0 Å². The molecule has 98 valence electrons. The third kappa shape index (κ3) is 2.44. The third-order valence-electron chi connectivity index (χ3n) is 2.82. The first-order chi connectivity index (χ1) is 9.76. The van der Waals surface area contributed by atoms with E-state index in [9.17, 15) is 9.59 Å². The van der Waals surface area contributed by atoms with Gasteiger partial charge in [0.1, 0.15) is 6.29 Å². The zero-order chi connectivity index (χ0) is 13.9. The predicted molar refractivity (Wildman–Crippen MR) is 79.4 cm³/mol. The normalized spacial score (nSPS) is 10.4. The predicted octanol–water partition coefficient (Wildman–Crippen LogP) is 3.36. The van der Waals surface area contributed by atoms with Crippen molar-refractivity contribution in [3.05, 3.63) is 59.7 Å². The number of fused-ring (bicyclic) bond motifs is 1. The number of rotatable bonds is 3. The Morgan fingerprint density at radius 2 is 1.85 bits per heavy atom. The highest BCUT2D eigenvalue weighted by molar-refractivity contribution is 7.22. The molecule has 0 saturated carbocycles. The SMILES string of the molecule is O=Cc1ccc(C(=O)Nc2nc3ccccc3s2)cc1. The first-order valence-corrected chi connectivity index (χ1v) is 6.80. The van der Waals surface area contributed by atoms with Gasteiger partial charge in [0.25, 0.3) is 5.91 Å². The van der Waals surface area contributed by atoms with Crippen LogP contribution in [-0.4, -0.2) is 17.2 Å². The zero-order valence-electron chi connectivity index (χ0n) is 10.4. The maximum Gasteiger partial charge on any atom is 0.257 e. The average Bonchev–Trinajstić information content (AvgIpc) is 2.89. The number of carbonyl (C=O) groups excluding carboxylic acids is 2. The molecule has 1 amide bonds. The molecule has 1 aromatic heterocycles. The van der Waals surface area contributed by atoms with Crippen LogP contribution in [0, 0.1) is 0 Å². The molecule has 0 aliphatic carbocycles. The smallest absolute Gasteiger partial charge is 0.257 e. The minimum absolute atomic E-state index is 0.235. The van der Waals surface area contributed by atoms with Crippen LogP contribution in [0.25, 0.3) is 10.2 Å². The van der Waals surface area contributed by atoms with Gasteiger partial charge in [-0.2, -0.15) is 0 Å². The van der Waals surface area contributed by atoms with E-state index >= 15 is 0 Å². The fourth-order valence-electron chi connectivity index (χ4n) is 1.81. The number of carbonyl (C=O) groups is 2. The summed E-state index contributed by atoms with van der Waals surface area (Å²) in [5.41, 5.74) is 1.90. The maximum absolute atomic E-state index is 12.1. The second-order valence-corrected chi connectivity index (χ2v) is 5.21. The molecule has 0 unspecified atom stereocenters. The van der Waals surface area contributed by atoms with E-state index in [0.29, 0.717) is 16.3 Å². The minimum Gasteiger partial charge on any atom is -0.298 e. The largest absolute Gasteiger partial charge is 0.298 e. The molecule has 1 N–H and O–H groups in total. The van der Waals surface area contributed by atoms with Gasteiger partial charge in [-0.15, -0.1) is 0 Å². The number of thiazole rings is 1. The van der Waals surface area contributed by atoms with Crippen LogP contribution in [-0.2, 0) is 0 Å². The van der Waals surface area contributed by atoms with Crippen molar-refractivity contribution in [3.8, 4) is 0 Å². The second-order valence-electron chi connectivity index (χ2n) is 4.18. The van der Waals surface area contributed by atoms with E-state index < -0.39 is 0 Å². The number of hydrogen-bond donors (Lipinski definition) is 1. The third-order valence-corrected chi connectivity index (χ3v) is 3.78. The van der Waals surface area contributed by atoms with Crippen molar-refractivity contribution < 1.29 is 9.59 Å². The molecule has 0 spiro atoms. The Balaban J connectivity index is 1.82. The summed E-state index contributed by atoms with van der Waals surface area (Å²) in [7, 11) is 0. The van der Waals surface area contributed by atoms with Crippen molar-refractivity contribution in [2.45, 2.75) is 0 Å². The van der Waals surface area contributed by atoms with Crippen LogP contribution in [0.3, 0.4) is 0 Å². The van der Waals surface area contributed by atoms with Crippen molar-refractivity contribution in [1.29, 1.82) is 0 Å². The summed E-state index contributed by atoms with van der Waals surface area (Å²) in [5.74, 6) is -0.235. The molecule has 2 aromatic carbocycles. The number of aldehydes is 1. The molecule has 0 saturated heterocycles. The Morgan fingerprint density at radius 1 is 1.10 bits per heavy atom. The van der Waals surface area contributed by atoms with Gasteiger partial charge in [0, 0.05) is 11.1 Å². The molecule has 0 aliphatic heterocycles. The van der Waals surface area contributed by atoms with Crippen LogP contribution in [0.4, 0.5) is 5.13 Å². The van der Waals surface area contributed by atoms with Crippen molar-refractivity contribution >= 4 is 38.9 Å². The molecule has 0 atom stereocenters. The monoisotopic (exact) mass is 282 g/mol. The lowest BCUT2D eigenvalue weighted by molar-refractivity contribution is 0.102. The number of amides is 1. The van der Waals surface area contributed by atoms with E-state index in [-0.39, 0.29) is 5.91 Å². The number of aromatic nitrogens is 1. The summed E-state index contributed by atoms with van der Waals surface area (Å²) in [5, 5.41) is 3.33. The van der Waals surface area contributed by atoms with Crippen LogP contribution >= 0.6 is 11.3 Å². The molecule has 3 rings (SSSR count). The first kappa shape index (κ1) is 12.5. The number of benzene rings is 2. The van der Waals surface area contributed by atoms with Crippen LogP contribution < -0.4 is 5.32 Å². The van der Waals surface area contributed by atoms with E-state index in [4.69, 9.17) is 0 Å². The number of anilines is 1. The van der Waals surface area contributed by atoms with Gasteiger partial charge in [0.05, 0.1) is 10.2 Å². The maximum atomic E-state index is 12.1. The summed E-state index contributed by atoms with van der Waals surface area (Å²) in [4.78, 5) is 27.0. The lowest BCUT2D eigenvalue weighted by Crippen LogP contribution is -2.11. The molecule has 4 nitrogen and oxygen atoms in total. The lowest BCUT2D eigenvalue weighted by Gasteiger charge is -2.01. The van der Waals surface area contributed by atoms with Gasteiger partial charge in [-0.1, -0.05) is 35.6 Å². The van der Waals surface area contributed by atoms with Crippen molar-refractivity contribution in [3.63, 3.8) is 0 Å². The Kier molecular flexibility index (Phi) is 3.26.